The lowest BCUT2D eigenvalue weighted by Crippen LogP contribution is -2.29. The van der Waals surface area contributed by atoms with Crippen LogP contribution in [0.4, 0.5) is 0 Å². The summed E-state index contributed by atoms with van der Waals surface area (Å²) in [6, 6.07) is 13.1. The molecular weight excluding hydrogens is 279 g/mol. The van der Waals surface area contributed by atoms with Crippen LogP contribution in [0.15, 0.2) is 41.8 Å². The molecule has 0 atom stereocenters. The lowest BCUT2D eigenvalue weighted by molar-refractivity contribution is 0.715. The van der Waals surface area contributed by atoms with Gasteiger partial charge in [-0.2, -0.15) is 0 Å². The van der Waals surface area contributed by atoms with Crippen LogP contribution >= 0.6 is 19.3 Å². The van der Waals surface area contributed by atoms with Crippen LogP contribution in [0.25, 0.3) is 11.1 Å². The third-order valence-electron chi connectivity index (χ3n) is 3.25. The maximum absolute atomic E-state index is 2.42. The summed E-state index contributed by atoms with van der Waals surface area (Å²) in [5, 5.41) is 3.00. The maximum atomic E-state index is 2.42. The molecule has 0 fully saturated rings. The molecule has 1 heterocycles. The van der Waals surface area contributed by atoms with Crippen molar-refractivity contribution in [2.24, 2.45) is 0 Å². The van der Waals surface area contributed by atoms with Crippen LogP contribution in [0.1, 0.15) is 41.5 Å². The fourth-order valence-corrected chi connectivity index (χ4v) is 9.36. The highest BCUT2D eigenvalue weighted by atomic mass is 32.1. The molecule has 2 aromatic rings. The Labute approximate surface area is 129 Å². The lowest BCUT2D eigenvalue weighted by atomic mass is 10.1. The minimum atomic E-state index is -0.189. The van der Waals surface area contributed by atoms with Crippen molar-refractivity contribution >= 4 is 23.9 Å². The molecule has 1 aromatic carbocycles. The summed E-state index contributed by atoms with van der Waals surface area (Å²) < 4.78 is 1.57. The Hall–Kier alpha value is -0.650. The van der Waals surface area contributed by atoms with Crippen molar-refractivity contribution < 1.29 is 0 Å². The molecule has 0 radical (unpaired) electrons. The Kier molecular flexibility index (Phi) is 4.42. The van der Waals surface area contributed by atoms with Crippen LogP contribution in [0.3, 0.4) is 0 Å². The summed E-state index contributed by atoms with van der Waals surface area (Å²) in [7, 11) is -0.189. The molecule has 0 aliphatic rings. The van der Waals surface area contributed by atoms with Gasteiger partial charge in [0.25, 0.3) is 0 Å². The van der Waals surface area contributed by atoms with E-state index in [0.717, 1.165) is 0 Å². The van der Waals surface area contributed by atoms with E-state index in [0.29, 0.717) is 10.3 Å². The molecule has 0 N–H and O–H groups in total. The second-order valence-electron chi connectivity index (χ2n) is 7.22. The molecule has 108 valence electrons. The van der Waals surface area contributed by atoms with Crippen molar-refractivity contribution in [1.82, 2.24) is 0 Å². The first-order valence-corrected chi connectivity index (χ1v) is 9.36. The first-order valence-electron chi connectivity index (χ1n) is 7.14. The largest absolute Gasteiger partial charge is 0.143 e. The predicted octanol–water partition coefficient (Wildman–Crippen LogP) is 6.12. The minimum Gasteiger partial charge on any atom is -0.143 e. The molecule has 0 saturated carbocycles. The quantitative estimate of drug-likeness (QED) is 0.586. The molecule has 0 aliphatic heterocycles. The van der Waals surface area contributed by atoms with Crippen LogP contribution in [-0.4, -0.2) is 10.3 Å². The Bertz CT molecular complexity index is 541. The zero-order valence-corrected chi connectivity index (χ0v) is 15.1. The van der Waals surface area contributed by atoms with Gasteiger partial charge >= 0.3 is 0 Å². The monoisotopic (exact) mass is 304 g/mol. The molecule has 0 saturated heterocycles. The van der Waals surface area contributed by atoms with E-state index in [2.05, 4.69) is 83.3 Å². The zero-order chi connectivity index (χ0) is 15.0. The SMILES string of the molecule is CC(C)(C)P(c1cc(-c2ccccc2)cs1)C(C)(C)C. The summed E-state index contributed by atoms with van der Waals surface area (Å²) in [6.45, 7) is 14.3. The van der Waals surface area contributed by atoms with Gasteiger partial charge in [-0.05, 0) is 32.9 Å². The predicted molar refractivity (Wildman–Crippen MR) is 95.8 cm³/mol. The number of hydrogen-bond donors (Lipinski definition) is 0. The van der Waals surface area contributed by atoms with Gasteiger partial charge in [0, 0.05) is 4.62 Å². The lowest BCUT2D eigenvalue weighted by Gasteiger charge is -2.40. The molecule has 0 amide bonds. The summed E-state index contributed by atoms with van der Waals surface area (Å²) in [6.07, 6.45) is 0. The standard InChI is InChI=1S/C18H25PS/c1-17(2,3)19(18(4,5)6)16-12-15(13-20-16)14-10-8-7-9-11-14/h7-13H,1-6H3. The molecule has 1 aromatic heterocycles. The average molecular weight is 304 g/mol. The Morgan fingerprint density at radius 2 is 1.35 bits per heavy atom. The summed E-state index contributed by atoms with van der Waals surface area (Å²) in [5.41, 5.74) is 2.69. The maximum Gasteiger partial charge on any atom is 0.0295 e. The highest BCUT2D eigenvalue weighted by molar-refractivity contribution is 7.74. The Morgan fingerprint density at radius 1 is 0.800 bits per heavy atom. The first-order chi connectivity index (χ1) is 9.19. The number of hydrogen-bond acceptors (Lipinski definition) is 1. The van der Waals surface area contributed by atoms with E-state index in [9.17, 15) is 0 Å². The van der Waals surface area contributed by atoms with E-state index in [1.165, 1.54) is 11.1 Å². The molecule has 0 spiro atoms. The van der Waals surface area contributed by atoms with Gasteiger partial charge in [-0.25, -0.2) is 0 Å². The summed E-state index contributed by atoms with van der Waals surface area (Å²) >= 11 is 1.94. The van der Waals surface area contributed by atoms with Crippen LogP contribution in [0.5, 0.6) is 0 Å². The summed E-state index contributed by atoms with van der Waals surface area (Å²) in [5.74, 6) is 0. The smallest absolute Gasteiger partial charge is 0.0295 e. The van der Waals surface area contributed by atoms with Crippen molar-refractivity contribution in [3.63, 3.8) is 0 Å². The van der Waals surface area contributed by atoms with Crippen molar-refractivity contribution in [3.05, 3.63) is 41.8 Å². The number of rotatable bonds is 2. The van der Waals surface area contributed by atoms with E-state index in [4.69, 9.17) is 0 Å². The molecule has 0 aliphatic carbocycles. The fraction of sp³-hybridized carbons (Fsp3) is 0.444. The normalized spacial score (nSPS) is 12.9. The van der Waals surface area contributed by atoms with Crippen molar-refractivity contribution in [3.8, 4) is 11.1 Å². The minimum absolute atomic E-state index is 0.189. The highest BCUT2D eigenvalue weighted by Gasteiger charge is 2.36. The van der Waals surface area contributed by atoms with Crippen LogP contribution in [0.2, 0.25) is 0 Å². The molecule has 2 rings (SSSR count). The Balaban J connectivity index is 2.41. The van der Waals surface area contributed by atoms with Crippen molar-refractivity contribution in [2.45, 2.75) is 51.9 Å². The molecule has 2 heteroatoms. The van der Waals surface area contributed by atoms with Crippen LogP contribution < -0.4 is 4.62 Å². The van der Waals surface area contributed by atoms with Crippen LogP contribution in [0, 0.1) is 0 Å². The first kappa shape index (κ1) is 15.7. The van der Waals surface area contributed by atoms with Crippen molar-refractivity contribution in [1.29, 1.82) is 0 Å². The third kappa shape index (κ3) is 3.51. The number of benzene rings is 1. The highest BCUT2D eigenvalue weighted by Crippen LogP contribution is 2.59. The number of thiophene rings is 1. The van der Waals surface area contributed by atoms with Gasteiger partial charge in [0.05, 0.1) is 0 Å². The Morgan fingerprint density at radius 3 is 1.85 bits per heavy atom. The van der Waals surface area contributed by atoms with Crippen LogP contribution in [-0.2, 0) is 0 Å². The van der Waals surface area contributed by atoms with Gasteiger partial charge in [-0.1, -0.05) is 79.8 Å². The molecule has 0 unspecified atom stereocenters. The topological polar surface area (TPSA) is 0 Å². The van der Waals surface area contributed by atoms with Gasteiger partial charge in [0.2, 0.25) is 0 Å². The second-order valence-corrected chi connectivity index (χ2v) is 12.3. The molecule has 0 bridgehead atoms. The zero-order valence-electron chi connectivity index (χ0n) is 13.4. The van der Waals surface area contributed by atoms with Gasteiger partial charge in [-0.3, -0.25) is 0 Å². The van der Waals surface area contributed by atoms with Gasteiger partial charge in [0.15, 0.2) is 0 Å². The third-order valence-corrected chi connectivity index (χ3v) is 8.10. The van der Waals surface area contributed by atoms with Gasteiger partial charge < -0.3 is 0 Å². The molecule has 20 heavy (non-hydrogen) atoms. The summed E-state index contributed by atoms with van der Waals surface area (Å²) in [4.78, 5) is 0. The van der Waals surface area contributed by atoms with Gasteiger partial charge in [-0.15, -0.1) is 11.3 Å². The van der Waals surface area contributed by atoms with E-state index in [1.807, 2.05) is 11.3 Å². The van der Waals surface area contributed by atoms with Crippen molar-refractivity contribution in [2.75, 3.05) is 0 Å². The van der Waals surface area contributed by atoms with E-state index < -0.39 is 0 Å². The van der Waals surface area contributed by atoms with E-state index in [-0.39, 0.29) is 7.92 Å². The molecular formula is C18H25PS. The second kappa shape index (κ2) is 5.62. The van der Waals surface area contributed by atoms with E-state index >= 15 is 0 Å². The van der Waals surface area contributed by atoms with Gasteiger partial charge in [0.1, 0.15) is 0 Å². The average Bonchev–Trinajstić information content (AvgIpc) is 2.75. The molecule has 0 nitrogen and oxygen atoms in total. The fourth-order valence-electron chi connectivity index (χ4n) is 2.89. The van der Waals surface area contributed by atoms with E-state index in [1.54, 1.807) is 4.62 Å².